The lowest BCUT2D eigenvalue weighted by atomic mass is 9.95. The van der Waals surface area contributed by atoms with Crippen molar-refractivity contribution in [3.63, 3.8) is 0 Å². The van der Waals surface area contributed by atoms with Gasteiger partial charge in [0, 0.05) is 0 Å². The molecule has 10 nitrogen and oxygen atoms in total. The van der Waals surface area contributed by atoms with E-state index in [4.69, 9.17) is 13.9 Å². The molecular formula is C21H20N4O6S. The molecule has 0 saturated carbocycles. The summed E-state index contributed by atoms with van der Waals surface area (Å²) in [6.45, 7) is 1.65. The Morgan fingerprint density at radius 3 is 2.69 bits per heavy atom. The summed E-state index contributed by atoms with van der Waals surface area (Å²) in [4.78, 5) is 38.3. The Hall–Kier alpha value is -3.86. The molecule has 1 aliphatic rings. The molecule has 2 amide bonds. The minimum absolute atomic E-state index is 0.144. The number of benzene rings is 1. The largest absolute Gasteiger partial charge is 0.497 e. The van der Waals surface area contributed by atoms with Crippen molar-refractivity contribution in [1.29, 1.82) is 0 Å². The number of aromatic nitrogens is 2. The maximum absolute atomic E-state index is 12.9. The maximum Gasteiger partial charge on any atom is 0.437 e. The molecular weight excluding hydrogens is 436 g/mol. The van der Waals surface area contributed by atoms with E-state index < -0.39 is 23.8 Å². The number of nitrogens with one attached hydrogen (secondary N) is 2. The zero-order valence-corrected chi connectivity index (χ0v) is 18.1. The third kappa shape index (κ3) is 4.28. The lowest BCUT2D eigenvalue weighted by Crippen LogP contribution is -2.47. The highest BCUT2D eigenvalue weighted by molar-refractivity contribution is 7.13. The number of methoxy groups -OCH3 is 1. The van der Waals surface area contributed by atoms with Gasteiger partial charge in [0.1, 0.15) is 5.75 Å². The van der Waals surface area contributed by atoms with E-state index in [2.05, 4.69) is 15.7 Å². The Labute approximate surface area is 186 Å². The lowest BCUT2D eigenvalue weighted by molar-refractivity contribution is -0.139. The van der Waals surface area contributed by atoms with E-state index >= 15 is 0 Å². The van der Waals surface area contributed by atoms with E-state index in [-0.39, 0.29) is 30.3 Å². The molecule has 3 heterocycles. The highest BCUT2D eigenvalue weighted by Crippen LogP contribution is 2.29. The van der Waals surface area contributed by atoms with Gasteiger partial charge < -0.3 is 24.5 Å². The summed E-state index contributed by atoms with van der Waals surface area (Å²) in [5.41, 5.74) is 1.01. The van der Waals surface area contributed by atoms with Gasteiger partial charge in [0.05, 0.1) is 42.5 Å². The molecule has 0 bridgehead atoms. The Morgan fingerprint density at radius 2 is 2.03 bits per heavy atom. The summed E-state index contributed by atoms with van der Waals surface area (Å²) in [5.74, 6) is -0.537. The van der Waals surface area contributed by atoms with E-state index in [0.29, 0.717) is 16.2 Å². The van der Waals surface area contributed by atoms with Crippen LogP contribution in [-0.4, -0.2) is 35.5 Å². The molecule has 3 aromatic rings. The first-order valence-electron chi connectivity index (χ1n) is 9.73. The van der Waals surface area contributed by atoms with Crippen LogP contribution in [0.1, 0.15) is 18.5 Å². The number of allylic oxidation sites excluding steroid dienone is 1. The second kappa shape index (κ2) is 9.10. The first-order valence-corrected chi connectivity index (χ1v) is 10.6. The van der Waals surface area contributed by atoms with Gasteiger partial charge in [0.15, 0.2) is 0 Å². The van der Waals surface area contributed by atoms with Crippen LogP contribution >= 0.6 is 11.3 Å². The minimum Gasteiger partial charge on any atom is -0.497 e. The average Bonchev–Trinajstić information content (AvgIpc) is 3.44. The number of rotatable bonds is 7. The number of ether oxygens (including phenoxy) is 2. The lowest BCUT2D eigenvalue weighted by Gasteiger charge is -2.29. The van der Waals surface area contributed by atoms with Crippen molar-refractivity contribution >= 4 is 23.3 Å². The molecule has 0 radical (unpaired) electrons. The summed E-state index contributed by atoms with van der Waals surface area (Å²) in [7, 11) is 1.55. The van der Waals surface area contributed by atoms with Crippen LogP contribution < -0.4 is 21.1 Å². The fourth-order valence-electron chi connectivity index (χ4n) is 3.29. The van der Waals surface area contributed by atoms with Crippen molar-refractivity contribution in [2.24, 2.45) is 0 Å². The van der Waals surface area contributed by atoms with Crippen LogP contribution in [-0.2, 0) is 16.1 Å². The molecule has 166 valence electrons. The molecule has 0 saturated heterocycles. The highest BCUT2D eigenvalue weighted by atomic mass is 32.1. The van der Waals surface area contributed by atoms with Gasteiger partial charge in [-0.3, -0.25) is 0 Å². The molecule has 1 aliphatic heterocycles. The molecule has 0 aliphatic carbocycles. The zero-order valence-electron chi connectivity index (χ0n) is 17.3. The summed E-state index contributed by atoms with van der Waals surface area (Å²) in [6, 6.07) is 9.20. The Bertz CT molecular complexity index is 1210. The van der Waals surface area contributed by atoms with Gasteiger partial charge in [-0.15, -0.1) is 16.4 Å². The number of amides is 2. The number of esters is 1. The smallest absolute Gasteiger partial charge is 0.437 e. The Kier molecular flexibility index (Phi) is 6.08. The predicted molar refractivity (Wildman–Crippen MR) is 115 cm³/mol. The van der Waals surface area contributed by atoms with E-state index in [9.17, 15) is 14.4 Å². The number of carbonyl (C=O) groups is 2. The van der Waals surface area contributed by atoms with Crippen LogP contribution in [0.4, 0.5) is 4.79 Å². The maximum atomic E-state index is 12.9. The van der Waals surface area contributed by atoms with Gasteiger partial charge >= 0.3 is 17.8 Å². The topological polar surface area (TPSA) is 125 Å². The van der Waals surface area contributed by atoms with Crippen LogP contribution in [0.5, 0.6) is 5.75 Å². The third-order valence-electron chi connectivity index (χ3n) is 4.74. The third-order valence-corrected chi connectivity index (χ3v) is 5.60. The first kappa shape index (κ1) is 21.4. The molecule has 4 rings (SSSR count). The fourth-order valence-corrected chi connectivity index (χ4v) is 3.94. The molecule has 0 spiro atoms. The monoisotopic (exact) mass is 456 g/mol. The van der Waals surface area contributed by atoms with Gasteiger partial charge in [-0.05, 0) is 36.1 Å². The van der Waals surface area contributed by atoms with Crippen molar-refractivity contribution in [2.75, 3.05) is 13.7 Å². The van der Waals surface area contributed by atoms with Gasteiger partial charge in [0.2, 0.25) is 0 Å². The molecule has 0 fully saturated rings. The van der Waals surface area contributed by atoms with Gasteiger partial charge in [-0.2, -0.15) is 4.68 Å². The molecule has 2 aromatic heterocycles. The molecule has 1 aromatic carbocycles. The predicted octanol–water partition coefficient (Wildman–Crippen LogP) is 2.44. The quantitative estimate of drug-likeness (QED) is 0.523. The number of carbonyl (C=O) groups excluding carboxylic acids is 2. The molecule has 11 heteroatoms. The van der Waals surface area contributed by atoms with Crippen molar-refractivity contribution in [3.8, 4) is 16.5 Å². The standard InChI is InChI=1S/C21H20N4O6S/c1-3-30-19(26)16-14(11-25-21(28)31-18(24-25)15-5-4-10-32-15)22-20(27)23-17(16)12-6-8-13(29-2)9-7-12/h4-10,17H,3,11H2,1-2H3,(H2,22,23,27)/t17-/m1/s1. The van der Waals surface area contributed by atoms with Crippen LogP contribution in [0.15, 0.2) is 62.3 Å². The van der Waals surface area contributed by atoms with Crippen LogP contribution in [0.2, 0.25) is 0 Å². The zero-order chi connectivity index (χ0) is 22.7. The van der Waals surface area contributed by atoms with Gasteiger partial charge in [-0.25, -0.2) is 14.4 Å². The molecule has 32 heavy (non-hydrogen) atoms. The van der Waals surface area contributed by atoms with Gasteiger partial charge in [-0.1, -0.05) is 18.2 Å². The van der Waals surface area contributed by atoms with Gasteiger partial charge in [0.25, 0.3) is 5.89 Å². The highest BCUT2D eigenvalue weighted by Gasteiger charge is 2.34. The van der Waals surface area contributed by atoms with E-state index in [0.717, 1.165) is 4.68 Å². The second-order valence-corrected chi connectivity index (χ2v) is 7.67. The van der Waals surface area contributed by atoms with Crippen molar-refractivity contribution in [1.82, 2.24) is 20.4 Å². The number of nitrogens with zero attached hydrogens (tertiary/aromatic N) is 2. The molecule has 0 unspecified atom stereocenters. The van der Waals surface area contributed by atoms with Crippen LogP contribution in [0.3, 0.4) is 0 Å². The summed E-state index contributed by atoms with van der Waals surface area (Å²) >= 11 is 1.37. The van der Waals surface area contributed by atoms with E-state index in [1.807, 2.05) is 11.4 Å². The van der Waals surface area contributed by atoms with Crippen molar-refractivity contribution < 1.29 is 23.5 Å². The molecule has 1 atom stereocenters. The van der Waals surface area contributed by atoms with Crippen LogP contribution in [0.25, 0.3) is 10.8 Å². The number of hydrogen-bond acceptors (Lipinski definition) is 8. The normalized spacial score (nSPS) is 15.8. The summed E-state index contributed by atoms with van der Waals surface area (Å²) in [5, 5.41) is 11.4. The SMILES string of the molecule is CCOC(=O)C1=C(Cn2nc(-c3cccs3)oc2=O)NC(=O)N[C@@H]1c1ccc(OC)cc1. The van der Waals surface area contributed by atoms with Crippen molar-refractivity contribution in [2.45, 2.75) is 19.5 Å². The minimum atomic E-state index is -0.789. The Balaban J connectivity index is 1.75. The Morgan fingerprint density at radius 1 is 1.25 bits per heavy atom. The average molecular weight is 456 g/mol. The van der Waals surface area contributed by atoms with Crippen LogP contribution in [0, 0.1) is 0 Å². The fraction of sp³-hybridized carbons (Fsp3) is 0.238. The number of thiophene rings is 1. The van der Waals surface area contributed by atoms with Crippen molar-refractivity contribution in [3.05, 3.63) is 69.2 Å². The van der Waals surface area contributed by atoms with E-state index in [1.54, 1.807) is 44.4 Å². The summed E-state index contributed by atoms with van der Waals surface area (Å²) < 4.78 is 16.7. The molecule has 2 N–H and O–H groups in total. The van der Waals surface area contributed by atoms with E-state index in [1.165, 1.54) is 11.3 Å². The number of urea groups is 1. The second-order valence-electron chi connectivity index (χ2n) is 6.73. The summed E-state index contributed by atoms with van der Waals surface area (Å²) in [6.07, 6.45) is 0. The number of hydrogen-bond donors (Lipinski definition) is 2. The first-order chi connectivity index (χ1) is 15.5.